The van der Waals surface area contributed by atoms with Crippen LogP contribution in [0.15, 0.2) is 0 Å². The molecule has 1 spiro atoms. The van der Waals surface area contributed by atoms with Crippen molar-refractivity contribution < 1.29 is 9.53 Å². The molecule has 2 aliphatic rings. The second-order valence-corrected chi connectivity index (χ2v) is 5.25. The van der Waals surface area contributed by atoms with Crippen LogP contribution in [0.2, 0.25) is 0 Å². The summed E-state index contributed by atoms with van der Waals surface area (Å²) in [5.41, 5.74) is 6.45. The molecule has 0 heterocycles. The van der Waals surface area contributed by atoms with Gasteiger partial charge in [0.25, 0.3) is 0 Å². The van der Waals surface area contributed by atoms with E-state index in [0.29, 0.717) is 6.42 Å². The van der Waals surface area contributed by atoms with Crippen LogP contribution >= 0.6 is 0 Å². The van der Waals surface area contributed by atoms with E-state index in [1.807, 2.05) is 0 Å². The van der Waals surface area contributed by atoms with Crippen molar-refractivity contribution in [2.45, 2.75) is 56.9 Å². The lowest BCUT2D eigenvalue weighted by molar-refractivity contribution is -0.143. The number of rotatable bonds is 2. The molecule has 15 heavy (non-hydrogen) atoms. The lowest BCUT2D eigenvalue weighted by Gasteiger charge is -2.40. The van der Waals surface area contributed by atoms with Crippen LogP contribution in [-0.2, 0) is 9.53 Å². The SMILES string of the molecule is COC(=O)CC1(N)CCCC12CCCC2. The van der Waals surface area contributed by atoms with E-state index >= 15 is 0 Å². The van der Waals surface area contributed by atoms with Gasteiger partial charge >= 0.3 is 5.97 Å². The van der Waals surface area contributed by atoms with E-state index in [1.54, 1.807) is 0 Å². The third-order valence-electron chi connectivity index (χ3n) is 4.58. The Hall–Kier alpha value is -0.570. The van der Waals surface area contributed by atoms with E-state index < -0.39 is 0 Å². The Morgan fingerprint density at radius 1 is 1.20 bits per heavy atom. The van der Waals surface area contributed by atoms with Gasteiger partial charge in [0.15, 0.2) is 0 Å². The minimum atomic E-state index is -0.281. The summed E-state index contributed by atoms with van der Waals surface area (Å²) < 4.78 is 4.76. The smallest absolute Gasteiger partial charge is 0.307 e. The maximum atomic E-state index is 11.4. The largest absolute Gasteiger partial charge is 0.469 e. The first kappa shape index (κ1) is 10.9. The molecule has 2 saturated carbocycles. The number of carbonyl (C=O) groups is 1. The van der Waals surface area contributed by atoms with Crippen molar-refractivity contribution in [3.63, 3.8) is 0 Å². The summed E-state index contributed by atoms with van der Waals surface area (Å²) in [6.45, 7) is 0. The number of nitrogens with two attached hydrogens (primary N) is 1. The molecular formula is C12H21NO2. The molecule has 2 N–H and O–H groups in total. The number of carbonyl (C=O) groups excluding carboxylic acids is 1. The fraction of sp³-hybridized carbons (Fsp3) is 0.917. The summed E-state index contributed by atoms with van der Waals surface area (Å²) in [5, 5.41) is 0. The molecule has 0 amide bonds. The zero-order valence-electron chi connectivity index (χ0n) is 9.55. The summed E-state index contributed by atoms with van der Waals surface area (Å²) in [6, 6.07) is 0. The Labute approximate surface area is 91.4 Å². The van der Waals surface area contributed by atoms with E-state index in [1.165, 1.54) is 45.6 Å². The van der Waals surface area contributed by atoms with Crippen molar-refractivity contribution in [3.8, 4) is 0 Å². The minimum absolute atomic E-state index is 0.148. The first-order chi connectivity index (χ1) is 7.12. The van der Waals surface area contributed by atoms with Gasteiger partial charge in [-0.25, -0.2) is 0 Å². The Balaban J connectivity index is 2.14. The van der Waals surface area contributed by atoms with Gasteiger partial charge in [-0.3, -0.25) is 4.79 Å². The second-order valence-electron chi connectivity index (χ2n) is 5.25. The summed E-state index contributed by atoms with van der Waals surface area (Å²) in [7, 11) is 1.45. The highest BCUT2D eigenvalue weighted by atomic mass is 16.5. The van der Waals surface area contributed by atoms with Crippen LogP contribution in [0.4, 0.5) is 0 Å². The van der Waals surface area contributed by atoms with Crippen molar-refractivity contribution >= 4 is 5.97 Å². The summed E-state index contributed by atoms with van der Waals surface area (Å²) >= 11 is 0. The molecule has 0 aromatic rings. The molecule has 1 atom stereocenters. The van der Waals surface area contributed by atoms with Crippen LogP contribution in [0, 0.1) is 5.41 Å². The third-order valence-corrected chi connectivity index (χ3v) is 4.58. The van der Waals surface area contributed by atoms with Gasteiger partial charge in [-0.05, 0) is 31.1 Å². The first-order valence-corrected chi connectivity index (χ1v) is 5.98. The molecule has 2 fully saturated rings. The molecule has 0 aliphatic heterocycles. The molecule has 3 heteroatoms. The predicted molar refractivity (Wildman–Crippen MR) is 58.3 cm³/mol. The van der Waals surface area contributed by atoms with Crippen LogP contribution in [0.3, 0.4) is 0 Å². The maximum Gasteiger partial charge on any atom is 0.307 e. The highest BCUT2D eigenvalue weighted by Crippen LogP contribution is 2.56. The molecule has 0 saturated heterocycles. The minimum Gasteiger partial charge on any atom is -0.469 e. The number of methoxy groups -OCH3 is 1. The molecule has 0 aromatic heterocycles. The quantitative estimate of drug-likeness (QED) is 0.711. The monoisotopic (exact) mass is 211 g/mol. The Morgan fingerprint density at radius 2 is 1.80 bits per heavy atom. The van der Waals surface area contributed by atoms with Crippen molar-refractivity contribution in [2.75, 3.05) is 7.11 Å². The molecule has 2 rings (SSSR count). The molecule has 2 aliphatic carbocycles. The standard InChI is InChI=1S/C12H21NO2/c1-15-10(14)9-12(13)8-4-7-11(12)5-2-3-6-11/h2-9,13H2,1H3. The molecule has 3 nitrogen and oxygen atoms in total. The topological polar surface area (TPSA) is 52.3 Å². The highest BCUT2D eigenvalue weighted by molar-refractivity contribution is 5.71. The van der Waals surface area contributed by atoms with Gasteiger partial charge in [0, 0.05) is 5.54 Å². The van der Waals surface area contributed by atoms with Crippen molar-refractivity contribution in [2.24, 2.45) is 11.1 Å². The van der Waals surface area contributed by atoms with Crippen LogP contribution in [0.25, 0.3) is 0 Å². The van der Waals surface area contributed by atoms with Gasteiger partial charge in [0.05, 0.1) is 13.5 Å². The van der Waals surface area contributed by atoms with E-state index in [9.17, 15) is 4.79 Å². The Kier molecular flexibility index (Phi) is 2.75. The van der Waals surface area contributed by atoms with E-state index in [-0.39, 0.29) is 16.9 Å². The van der Waals surface area contributed by atoms with Gasteiger partial charge in [0.2, 0.25) is 0 Å². The number of hydrogen-bond donors (Lipinski definition) is 1. The molecule has 86 valence electrons. The molecule has 0 radical (unpaired) electrons. The Bertz CT molecular complexity index is 253. The fourth-order valence-electron chi connectivity index (χ4n) is 3.66. The van der Waals surface area contributed by atoms with Gasteiger partial charge in [-0.2, -0.15) is 0 Å². The zero-order valence-corrected chi connectivity index (χ0v) is 9.55. The first-order valence-electron chi connectivity index (χ1n) is 5.98. The zero-order chi connectivity index (χ0) is 10.9. The highest BCUT2D eigenvalue weighted by Gasteiger charge is 2.54. The molecule has 1 unspecified atom stereocenters. The van der Waals surface area contributed by atoms with Crippen LogP contribution in [0.5, 0.6) is 0 Å². The van der Waals surface area contributed by atoms with Crippen molar-refractivity contribution in [1.29, 1.82) is 0 Å². The summed E-state index contributed by atoms with van der Waals surface area (Å²) in [6.07, 6.45) is 8.75. The number of hydrogen-bond acceptors (Lipinski definition) is 3. The average molecular weight is 211 g/mol. The second kappa shape index (κ2) is 3.78. The normalized spacial score (nSPS) is 33.5. The molecule has 0 bridgehead atoms. The predicted octanol–water partition coefficient (Wildman–Crippen LogP) is 1.99. The van der Waals surface area contributed by atoms with Crippen LogP contribution < -0.4 is 5.73 Å². The van der Waals surface area contributed by atoms with Gasteiger partial charge in [-0.15, -0.1) is 0 Å². The van der Waals surface area contributed by atoms with Crippen molar-refractivity contribution in [3.05, 3.63) is 0 Å². The van der Waals surface area contributed by atoms with Crippen molar-refractivity contribution in [1.82, 2.24) is 0 Å². The summed E-state index contributed by atoms with van der Waals surface area (Å²) in [4.78, 5) is 11.4. The number of ether oxygens (including phenoxy) is 1. The van der Waals surface area contributed by atoms with Gasteiger partial charge in [0.1, 0.15) is 0 Å². The van der Waals surface area contributed by atoms with E-state index in [4.69, 9.17) is 10.5 Å². The van der Waals surface area contributed by atoms with Gasteiger partial charge in [-0.1, -0.05) is 19.3 Å². The van der Waals surface area contributed by atoms with Gasteiger partial charge < -0.3 is 10.5 Å². The maximum absolute atomic E-state index is 11.4. The summed E-state index contributed by atoms with van der Waals surface area (Å²) in [5.74, 6) is -0.148. The van der Waals surface area contributed by atoms with Crippen LogP contribution in [-0.4, -0.2) is 18.6 Å². The average Bonchev–Trinajstić information content (AvgIpc) is 2.78. The van der Waals surface area contributed by atoms with E-state index in [2.05, 4.69) is 0 Å². The van der Waals surface area contributed by atoms with E-state index in [0.717, 1.165) is 6.42 Å². The van der Waals surface area contributed by atoms with Crippen LogP contribution in [0.1, 0.15) is 51.4 Å². The molecular weight excluding hydrogens is 190 g/mol. The lowest BCUT2D eigenvalue weighted by atomic mass is 9.69. The third kappa shape index (κ3) is 1.67. The number of esters is 1. The lowest BCUT2D eigenvalue weighted by Crippen LogP contribution is -2.52. The fourth-order valence-corrected chi connectivity index (χ4v) is 3.66. The molecule has 0 aromatic carbocycles. The Morgan fingerprint density at radius 3 is 2.40 bits per heavy atom.